The first kappa shape index (κ1) is 65.1. The first-order chi connectivity index (χ1) is 50.3. The van der Waals surface area contributed by atoms with Crippen LogP contribution in [0.15, 0.2) is 177 Å². The van der Waals surface area contributed by atoms with Crippen LogP contribution < -0.4 is 20.0 Å². The number of hydrogen-bond donors (Lipinski definition) is 1. The van der Waals surface area contributed by atoms with E-state index in [4.69, 9.17) is 20.5 Å². The lowest BCUT2D eigenvalue weighted by Crippen LogP contribution is -2.45. The fraction of sp³-hybridized carbons (Fsp3) is 0.317. The second-order valence-corrected chi connectivity index (χ2v) is 29.2. The molecule has 7 aliphatic rings. The Hall–Kier alpha value is -11.3. The second kappa shape index (κ2) is 26.9. The zero-order valence-corrected chi connectivity index (χ0v) is 58.5. The highest BCUT2D eigenvalue weighted by molar-refractivity contribution is 5.76. The molecule has 5 aromatic carbocycles. The van der Waals surface area contributed by atoms with Crippen LogP contribution in [0, 0.1) is 45.6 Å². The molecule has 518 valence electrons. The molecule has 1 saturated carbocycles. The Kier molecular flexibility index (Phi) is 17.0. The molecular weight excluding hydrogens is 1290 g/mol. The van der Waals surface area contributed by atoms with E-state index < -0.39 is 11.6 Å². The van der Waals surface area contributed by atoms with Gasteiger partial charge in [0.05, 0.1) is 69.6 Å². The van der Waals surface area contributed by atoms with E-state index in [9.17, 15) is 8.78 Å². The topological polar surface area (TPSA) is 179 Å². The van der Waals surface area contributed by atoms with Crippen molar-refractivity contribution in [3.05, 3.63) is 217 Å². The summed E-state index contributed by atoms with van der Waals surface area (Å²) < 4.78 is 40.7. The molecular formula is C82H81F2N19. The second-order valence-electron chi connectivity index (χ2n) is 29.2. The number of rotatable bonds is 11. The van der Waals surface area contributed by atoms with Crippen molar-refractivity contribution in [3.63, 3.8) is 0 Å². The zero-order chi connectivity index (χ0) is 70.0. The number of nitrogens with zero attached hydrogens (tertiary/aromatic N) is 18. The lowest BCUT2D eigenvalue weighted by Gasteiger charge is -2.38. The first-order valence-corrected chi connectivity index (χ1v) is 36.1. The predicted octanol–water partition coefficient (Wildman–Crippen LogP) is 14.4. The van der Waals surface area contributed by atoms with Gasteiger partial charge >= 0.3 is 0 Å². The fourth-order valence-electron chi connectivity index (χ4n) is 16.3. The van der Waals surface area contributed by atoms with Gasteiger partial charge in [-0.2, -0.15) is 15.6 Å². The first-order valence-electron chi connectivity index (χ1n) is 36.1. The van der Waals surface area contributed by atoms with Crippen LogP contribution >= 0.6 is 0 Å². The van der Waals surface area contributed by atoms with E-state index in [1.165, 1.54) is 79.7 Å². The van der Waals surface area contributed by atoms with Gasteiger partial charge in [-0.3, -0.25) is 9.13 Å². The smallest absolute Gasteiger partial charge is 0.185 e. The lowest BCUT2D eigenvalue weighted by atomic mass is 9.68. The third-order valence-corrected chi connectivity index (χ3v) is 22.5. The minimum absolute atomic E-state index is 0.367. The maximum atomic E-state index is 14.5. The van der Waals surface area contributed by atoms with Gasteiger partial charge in [-0.05, 0) is 209 Å². The summed E-state index contributed by atoms with van der Waals surface area (Å²) in [7, 11) is 4.37. The Morgan fingerprint density at radius 3 is 1.96 bits per heavy atom. The third-order valence-electron chi connectivity index (χ3n) is 22.5. The molecule has 19 rings (SSSR count). The van der Waals surface area contributed by atoms with Crippen LogP contribution in [-0.4, -0.2) is 135 Å². The Balaban J connectivity index is 0.000000115. The Morgan fingerprint density at radius 1 is 0.621 bits per heavy atom. The summed E-state index contributed by atoms with van der Waals surface area (Å²) in [5.74, 6) is 3.03. The molecule has 12 aromatic rings. The van der Waals surface area contributed by atoms with E-state index >= 15 is 0 Å². The standard InChI is InChI=1S/C28H30F2N6.C28H28N6.C26H23N7/c1-3-18(2)31-13-19-8-9-34(14-19)23-5-7-26-21(10-23)16-35-15-20(24-6-4-22(29)12-25(24)30)11-27(35)28-32-17-33-36(26)28;1-31(2)25-4-3-12-32(19-25)24-9-10-26-23(14-24)18-33-17-22(21-7-5-20(16-29)6-8-21)15-27(33)28-30-11-13-34(26)28;27-13-18-2-4-19(5-3-18)20-12-23-25-30-28-17-33(25)22-6-7-24(29-21(22)15-32(23)14-20)31-11-10-26(16-31)8-1-9-26/h4-7,10-12,15,17-19,31H,3,8-9,13-14,16H2,1-2H3;5-11,13-15,17,25H,3-4,12,18-19H2,1-2H3;2-7,12,14,17H,1,8-11,15-16H2/t18-,19+;;/m1../s1. The van der Waals surface area contributed by atoms with Crippen molar-refractivity contribution < 1.29 is 8.78 Å². The molecule has 19 nitrogen and oxygen atoms in total. The van der Waals surface area contributed by atoms with E-state index in [1.54, 1.807) is 12.7 Å². The molecule has 1 spiro atoms. The van der Waals surface area contributed by atoms with E-state index in [0.29, 0.717) is 64.6 Å². The van der Waals surface area contributed by atoms with Crippen LogP contribution in [0.25, 0.3) is 85.0 Å². The van der Waals surface area contributed by atoms with Gasteiger partial charge in [0.2, 0.25) is 0 Å². The summed E-state index contributed by atoms with van der Waals surface area (Å²) in [6.45, 7) is 14.1. The number of nitrogens with one attached hydrogen (secondary N) is 1. The number of piperidine rings is 1. The van der Waals surface area contributed by atoms with E-state index in [-0.39, 0.29) is 0 Å². The van der Waals surface area contributed by atoms with Crippen LogP contribution in [0.5, 0.6) is 0 Å². The van der Waals surface area contributed by atoms with E-state index in [1.807, 2.05) is 76.2 Å². The lowest BCUT2D eigenvalue weighted by molar-refractivity contribution is 0.165. The molecule has 0 amide bonds. The molecule has 3 atom stereocenters. The van der Waals surface area contributed by atoms with E-state index in [2.05, 4.69) is 183 Å². The molecule has 4 fully saturated rings. The number of likely N-dealkylation sites (N-methyl/N-ethyl adjacent to an activating group) is 1. The van der Waals surface area contributed by atoms with Crippen molar-refractivity contribution in [1.82, 2.24) is 68.0 Å². The molecule has 103 heavy (non-hydrogen) atoms. The normalized spacial score (nSPS) is 17.3. The monoisotopic (exact) mass is 1370 g/mol. The van der Waals surface area contributed by atoms with Crippen LogP contribution in [0.2, 0.25) is 0 Å². The van der Waals surface area contributed by atoms with Crippen molar-refractivity contribution >= 4 is 17.2 Å². The highest BCUT2D eigenvalue weighted by Gasteiger charge is 2.43. The van der Waals surface area contributed by atoms with Gasteiger partial charge in [-0.1, -0.05) is 37.6 Å². The number of imidazole rings is 1. The van der Waals surface area contributed by atoms with Crippen molar-refractivity contribution in [2.75, 3.05) is 74.6 Å². The maximum absolute atomic E-state index is 14.5. The number of pyridine rings is 1. The van der Waals surface area contributed by atoms with Crippen molar-refractivity contribution in [3.8, 4) is 97.1 Å². The van der Waals surface area contributed by atoms with Gasteiger partial charge < -0.3 is 38.6 Å². The summed E-state index contributed by atoms with van der Waals surface area (Å²) >= 11 is 0. The van der Waals surface area contributed by atoms with Crippen LogP contribution in [0.4, 0.5) is 26.0 Å². The van der Waals surface area contributed by atoms with Gasteiger partial charge in [0.25, 0.3) is 0 Å². The number of aromatic nitrogens is 12. The number of hydrogen-bond acceptors (Lipinski definition) is 13. The van der Waals surface area contributed by atoms with Gasteiger partial charge in [-0.25, -0.2) is 28.4 Å². The van der Waals surface area contributed by atoms with Crippen molar-refractivity contribution in [1.29, 1.82) is 10.5 Å². The average Bonchev–Trinajstić information content (AvgIpc) is 1.62. The molecule has 13 heterocycles. The van der Waals surface area contributed by atoms with Gasteiger partial charge in [0, 0.05) is 135 Å². The van der Waals surface area contributed by atoms with E-state index in [0.717, 1.165) is 144 Å². The fourth-order valence-corrected chi connectivity index (χ4v) is 16.3. The summed E-state index contributed by atoms with van der Waals surface area (Å²) in [5, 5.41) is 35.0. The summed E-state index contributed by atoms with van der Waals surface area (Å²) in [6, 6.07) is 48.7. The Bertz CT molecular complexity index is 5240. The number of fused-ring (bicyclic) bond motifs is 15. The molecule has 6 aliphatic heterocycles. The quantitative estimate of drug-likeness (QED) is 0.129. The summed E-state index contributed by atoms with van der Waals surface area (Å²) in [4.78, 5) is 24.2. The number of benzene rings is 5. The molecule has 3 saturated heterocycles. The van der Waals surface area contributed by atoms with Gasteiger partial charge in [-0.15, -0.1) is 10.2 Å². The largest absolute Gasteiger partial charge is 0.371 e. The minimum Gasteiger partial charge on any atom is -0.371 e. The van der Waals surface area contributed by atoms with Crippen LogP contribution in [0.1, 0.15) is 93.2 Å². The Morgan fingerprint density at radius 2 is 1.28 bits per heavy atom. The zero-order valence-electron chi connectivity index (χ0n) is 58.5. The number of halogens is 2. The maximum Gasteiger partial charge on any atom is 0.185 e. The SMILES string of the molecule is CC[C@@H](C)NC[C@@H]1CCN(c2ccc3c(c2)Cn2cc(-c4ccc(F)cc4F)cc2-c2ncnn2-3)C1.CN(C)C1CCCN(c2ccc3c(c2)Cn2cc(-c4ccc(C#N)cc4)cc2-c2nccn2-3)C1.N#Cc1ccc(-c2cc3n(c2)Cc2nc(N4CCC5(CCC5)C4)ccc2-n2cnnc2-3)cc1. The van der Waals surface area contributed by atoms with Gasteiger partial charge in [0.1, 0.15) is 30.1 Å². The highest BCUT2D eigenvalue weighted by Crippen LogP contribution is 2.49. The van der Waals surface area contributed by atoms with Crippen LogP contribution in [0.3, 0.4) is 0 Å². The van der Waals surface area contributed by atoms with Gasteiger partial charge in [0.15, 0.2) is 17.5 Å². The molecule has 1 unspecified atom stereocenters. The summed E-state index contributed by atoms with van der Waals surface area (Å²) in [6.07, 6.45) is 23.7. The Labute approximate surface area is 598 Å². The third kappa shape index (κ3) is 12.4. The number of nitriles is 2. The molecule has 21 heteroatoms. The molecule has 0 radical (unpaired) electrons. The van der Waals surface area contributed by atoms with Crippen molar-refractivity contribution in [2.24, 2.45) is 11.3 Å². The predicted molar refractivity (Wildman–Crippen MR) is 397 cm³/mol. The molecule has 7 aromatic heterocycles. The minimum atomic E-state index is -0.585. The highest BCUT2D eigenvalue weighted by atomic mass is 19.1. The molecule has 1 aliphatic carbocycles. The summed E-state index contributed by atoms with van der Waals surface area (Å²) in [5.41, 5.74) is 19.5. The number of anilines is 3. The molecule has 0 bridgehead atoms. The van der Waals surface area contributed by atoms with Crippen LogP contribution in [-0.2, 0) is 19.6 Å². The average molecular weight is 1370 g/mol. The van der Waals surface area contributed by atoms with Crippen molar-refractivity contribution in [2.45, 2.75) is 96.9 Å². The molecule has 1 N–H and O–H groups in total.